The van der Waals surface area contributed by atoms with E-state index in [0.29, 0.717) is 30.2 Å². The van der Waals surface area contributed by atoms with E-state index in [-0.39, 0.29) is 36.1 Å². The molecule has 0 saturated heterocycles. The Morgan fingerprint density at radius 3 is 2.54 bits per heavy atom. The number of hydrogen-bond acceptors (Lipinski definition) is 5. The van der Waals surface area contributed by atoms with Crippen molar-refractivity contribution < 1.29 is 24.2 Å². The molecule has 41 heavy (non-hydrogen) atoms. The summed E-state index contributed by atoms with van der Waals surface area (Å²) in [4.78, 5) is 42.4. The first-order valence-electron chi connectivity index (χ1n) is 13.9. The highest BCUT2D eigenvalue weighted by atomic mass is 16.5. The van der Waals surface area contributed by atoms with Gasteiger partial charge in [0.25, 0.3) is 5.91 Å². The number of urea groups is 2. The molecule has 0 radical (unpaired) electrons. The van der Waals surface area contributed by atoms with Crippen molar-refractivity contribution in [1.82, 2.24) is 15.1 Å². The minimum absolute atomic E-state index is 0.0106. The molecule has 0 saturated carbocycles. The Labute approximate surface area is 240 Å². The lowest BCUT2D eigenvalue weighted by Gasteiger charge is -2.38. The Morgan fingerprint density at radius 2 is 1.80 bits per heavy atom. The van der Waals surface area contributed by atoms with E-state index in [9.17, 15) is 19.5 Å². The van der Waals surface area contributed by atoms with Gasteiger partial charge in [-0.1, -0.05) is 43.3 Å². The van der Waals surface area contributed by atoms with Crippen molar-refractivity contribution >= 4 is 40.1 Å². The van der Waals surface area contributed by atoms with E-state index in [1.165, 1.54) is 0 Å². The average Bonchev–Trinajstić information content (AvgIpc) is 2.94. The molecule has 5 amide bonds. The summed E-state index contributed by atoms with van der Waals surface area (Å²) in [5.41, 5.74) is 1.34. The summed E-state index contributed by atoms with van der Waals surface area (Å²) in [5.74, 6) is -0.102. The van der Waals surface area contributed by atoms with E-state index < -0.39 is 18.2 Å². The van der Waals surface area contributed by atoms with Crippen LogP contribution < -0.4 is 20.7 Å². The van der Waals surface area contributed by atoms with Gasteiger partial charge in [0.15, 0.2) is 0 Å². The largest absolute Gasteiger partial charge is 0.487 e. The van der Waals surface area contributed by atoms with Crippen molar-refractivity contribution in [3.05, 3.63) is 66.2 Å². The van der Waals surface area contributed by atoms with Crippen LogP contribution in [0.5, 0.6) is 5.75 Å². The van der Waals surface area contributed by atoms with Gasteiger partial charge in [-0.15, -0.1) is 0 Å². The number of nitrogens with zero attached hydrogens (tertiary/aromatic N) is 2. The van der Waals surface area contributed by atoms with E-state index in [2.05, 4.69) is 16.0 Å². The highest BCUT2D eigenvalue weighted by Gasteiger charge is 2.34. The summed E-state index contributed by atoms with van der Waals surface area (Å²) in [6.07, 6.45) is -0.424. The predicted molar refractivity (Wildman–Crippen MR) is 160 cm³/mol. The smallest absolute Gasteiger partial charge is 0.323 e. The number of amides is 5. The molecule has 0 aliphatic carbocycles. The first kappa shape index (κ1) is 29.7. The first-order chi connectivity index (χ1) is 19.6. The molecule has 0 fully saturated rings. The minimum Gasteiger partial charge on any atom is -0.487 e. The lowest BCUT2D eigenvalue weighted by molar-refractivity contribution is 0.0366. The Hall–Kier alpha value is -4.31. The zero-order valence-electron chi connectivity index (χ0n) is 24.2. The predicted octanol–water partition coefficient (Wildman–Crippen LogP) is 4.75. The highest BCUT2D eigenvalue weighted by Crippen LogP contribution is 2.31. The molecular formula is C31H39N5O5. The first-order valence-corrected chi connectivity index (χ1v) is 13.9. The van der Waals surface area contributed by atoms with Crippen LogP contribution in [0.2, 0.25) is 0 Å². The van der Waals surface area contributed by atoms with Crippen molar-refractivity contribution in [2.45, 2.75) is 45.9 Å². The van der Waals surface area contributed by atoms with E-state index in [0.717, 1.165) is 10.8 Å². The molecule has 3 aromatic rings. The second kappa shape index (κ2) is 12.9. The number of ether oxygens (including phenoxy) is 1. The highest BCUT2D eigenvalue weighted by molar-refractivity contribution is 6.07. The number of carbonyl (C=O) groups is 3. The molecule has 10 heteroatoms. The number of likely N-dealkylation sites (N-methyl/N-ethyl adjacent to an activating group) is 1. The summed E-state index contributed by atoms with van der Waals surface area (Å²) in [6.45, 7) is 7.94. The molecule has 1 aliphatic heterocycles. The van der Waals surface area contributed by atoms with E-state index >= 15 is 0 Å². The van der Waals surface area contributed by atoms with Gasteiger partial charge in [-0.2, -0.15) is 0 Å². The van der Waals surface area contributed by atoms with Crippen LogP contribution in [0.15, 0.2) is 60.7 Å². The van der Waals surface area contributed by atoms with E-state index in [1.54, 1.807) is 42.0 Å². The molecule has 4 N–H and O–H groups in total. The monoisotopic (exact) mass is 561 g/mol. The summed E-state index contributed by atoms with van der Waals surface area (Å²) < 4.78 is 6.35. The molecule has 3 atom stereocenters. The zero-order valence-corrected chi connectivity index (χ0v) is 24.2. The molecule has 218 valence electrons. The number of anilines is 2. The lowest BCUT2D eigenvalue weighted by Crippen LogP contribution is -2.51. The number of aliphatic hydroxyl groups is 1. The molecule has 1 aliphatic rings. The maximum Gasteiger partial charge on any atom is 0.323 e. The maximum atomic E-state index is 13.7. The number of aliphatic hydroxyl groups excluding tert-OH is 1. The molecule has 4 rings (SSSR count). The lowest BCUT2D eigenvalue weighted by atomic mass is 9.99. The van der Waals surface area contributed by atoms with Gasteiger partial charge in [0.1, 0.15) is 11.9 Å². The molecule has 1 heterocycles. The van der Waals surface area contributed by atoms with Crippen LogP contribution in [0.1, 0.15) is 38.1 Å². The third kappa shape index (κ3) is 7.07. The molecule has 0 bridgehead atoms. The summed E-state index contributed by atoms with van der Waals surface area (Å²) in [5, 5.41) is 20.4. The van der Waals surface area contributed by atoms with Crippen molar-refractivity contribution in [2.75, 3.05) is 37.4 Å². The summed E-state index contributed by atoms with van der Waals surface area (Å²) in [6, 6.07) is 17.2. The molecule has 0 unspecified atom stereocenters. The number of hydrogen-bond donors (Lipinski definition) is 4. The normalized spacial score (nSPS) is 17.6. The van der Waals surface area contributed by atoms with Crippen LogP contribution >= 0.6 is 0 Å². The fourth-order valence-electron chi connectivity index (χ4n) is 4.85. The van der Waals surface area contributed by atoms with Crippen molar-refractivity contribution in [3.8, 4) is 5.75 Å². The maximum absolute atomic E-state index is 13.7. The number of benzene rings is 3. The van der Waals surface area contributed by atoms with Crippen molar-refractivity contribution in [3.63, 3.8) is 0 Å². The Bertz CT molecular complexity index is 1410. The van der Waals surface area contributed by atoms with Gasteiger partial charge in [0.05, 0.1) is 30.4 Å². The average molecular weight is 562 g/mol. The van der Waals surface area contributed by atoms with Crippen LogP contribution in [-0.4, -0.2) is 77.8 Å². The summed E-state index contributed by atoms with van der Waals surface area (Å²) >= 11 is 0. The van der Waals surface area contributed by atoms with Crippen molar-refractivity contribution in [1.29, 1.82) is 0 Å². The standard InChI is InChI=1S/C31H39N5O5/c1-19(2)32-31(40)35(5)17-28-20(3)16-36(21(4)18-37)29(38)25-15-23(13-14-27(25)41-28)33-30(39)34-26-12-8-10-22-9-6-7-11-24(22)26/h6-15,19-21,28,37H,16-18H2,1-5H3,(H,32,40)(H2,33,34,39)/t20-,21+,28-/m1/s1. The second-order valence-corrected chi connectivity index (χ2v) is 10.9. The fraction of sp³-hybridized carbons (Fsp3) is 0.387. The van der Waals surface area contributed by atoms with Crippen LogP contribution in [0.25, 0.3) is 10.8 Å². The van der Waals surface area contributed by atoms with Gasteiger partial charge >= 0.3 is 12.1 Å². The molecule has 0 aromatic heterocycles. The van der Waals surface area contributed by atoms with Gasteiger partial charge in [-0.25, -0.2) is 9.59 Å². The van der Waals surface area contributed by atoms with Crippen LogP contribution in [-0.2, 0) is 0 Å². The van der Waals surface area contributed by atoms with Gasteiger partial charge in [0.2, 0.25) is 0 Å². The van der Waals surface area contributed by atoms with Crippen LogP contribution in [0.4, 0.5) is 21.0 Å². The zero-order chi connectivity index (χ0) is 29.7. The summed E-state index contributed by atoms with van der Waals surface area (Å²) in [7, 11) is 1.70. The minimum atomic E-state index is -0.453. The Morgan fingerprint density at radius 1 is 1.07 bits per heavy atom. The SMILES string of the molecule is CC(C)NC(=O)N(C)C[C@H]1Oc2ccc(NC(=O)Nc3cccc4ccccc34)cc2C(=O)N([C@@H](C)CO)C[C@H]1C. The van der Waals surface area contributed by atoms with Crippen LogP contribution in [0.3, 0.4) is 0 Å². The molecule has 3 aromatic carbocycles. The molecular weight excluding hydrogens is 522 g/mol. The number of nitrogens with one attached hydrogen (secondary N) is 3. The third-order valence-electron chi connectivity index (χ3n) is 7.17. The van der Waals surface area contributed by atoms with Crippen molar-refractivity contribution in [2.24, 2.45) is 5.92 Å². The topological polar surface area (TPSA) is 123 Å². The van der Waals surface area contributed by atoms with Gasteiger partial charge in [-0.3, -0.25) is 4.79 Å². The van der Waals surface area contributed by atoms with Gasteiger partial charge in [0, 0.05) is 36.6 Å². The quantitative estimate of drug-likeness (QED) is 0.331. The number of rotatable bonds is 7. The second-order valence-electron chi connectivity index (χ2n) is 10.9. The van der Waals surface area contributed by atoms with E-state index in [4.69, 9.17) is 4.74 Å². The third-order valence-corrected chi connectivity index (χ3v) is 7.17. The molecule has 0 spiro atoms. The molecule has 10 nitrogen and oxygen atoms in total. The number of carbonyl (C=O) groups excluding carboxylic acids is 3. The van der Waals surface area contributed by atoms with Gasteiger partial charge < -0.3 is 35.6 Å². The Balaban J connectivity index is 1.59. The van der Waals surface area contributed by atoms with Gasteiger partial charge in [-0.05, 0) is 50.4 Å². The van der Waals surface area contributed by atoms with Crippen LogP contribution in [0, 0.1) is 5.92 Å². The number of fused-ring (bicyclic) bond motifs is 2. The van der Waals surface area contributed by atoms with E-state index in [1.807, 2.05) is 63.2 Å². The Kier molecular flexibility index (Phi) is 9.34. The fourth-order valence-corrected chi connectivity index (χ4v) is 4.85.